The lowest BCUT2D eigenvalue weighted by atomic mass is 9.88. The number of carbonyl (C=O) groups is 1. The van der Waals surface area contributed by atoms with Crippen molar-refractivity contribution in [1.82, 2.24) is 9.62 Å². The molecule has 5 nitrogen and oxygen atoms in total. The summed E-state index contributed by atoms with van der Waals surface area (Å²) in [7, 11) is -2.26. The molecule has 0 saturated carbocycles. The van der Waals surface area contributed by atoms with Gasteiger partial charge in [-0.1, -0.05) is 30.3 Å². The molecule has 1 aliphatic carbocycles. The number of likely N-dealkylation sites (N-methyl/N-ethyl adjacent to an activating group) is 1. The van der Waals surface area contributed by atoms with Crippen molar-refractivity contribution in [2.75, 3.05) is 13.6 Å². The largest absolute Gasteiger partial charge is 0.348 e. The Hall–Kier alpha value is -2.18. The summed E-state index contributed by atoms with van der Waals surface area (Å²) in [6.07, 6.45) is 2.90. The highest BCUT2D eigenvalue weighted by atomic mass is 32.2. The number of nitrogens with zero attached hydrogens (tertiary/aromatic N) is 1. The Labute approximate surface area is 161 Å². The number of amides is 1. The topological polar surface area (TPSA) is 66.5 Å². The van der Waals surface area contributed by atoms with Crippen LogP contribution in [-0.2, 0) is 21.2 Å². The van der Waals surface area contributed by atoms with Crippen molar-refractivity contribution < 1.29 is 13.2 Å². The van der Waals surface area contributed by atoms with Crippen LogP contribution in [0.1, 0.15) is 41.1 Å². The first-order valence-corrected chi connectivity index (χ1v) is 10.6. The van der Waals surface area contributed by atoms with Gasteiger partial charge in [0.25, 0.3) is 0 Å². The van der Waals surface area contributed by atoms with Crippen LogP contribution < -0.4 is 5.32 Å². The summed E-state index contributed by atoms with van der Waals surface area (Å²) in [5.41, 5.74) is 4.33. The van der Waals surface area contributed by atoms with E-state index in [9.17, 15) is 13.2 Å². The molecule has 0 aliphatic heterocycles. The minimum absolute atomic E-state index is 0.0554. The van der Waals surface area contributed by atoms with E-state index in [1.807, 2.05) is 32.0 Å². The molecule has 0 aromatic heterocycles. The van der Waals surface area contributed by atoms with Gasteiger partial charge in [0, 0.05) is 7.05 Å². The molecular formula is C21H26N2O3S. The van der Waals surface area contributed by atoms with E-state index in [2.05, 4.69) is 11.4 Å². The van der Waals surface area contributed by atoms with Crippen LogP contribution in [0.25, 0.3) is 0 Å². The van der Waals surface area contributed by atoms with Crippen molar-refractivity contribution in [2.24, 2.45) is 0 Å². The predicted molar refractivity (Wildman–Crippen MR) is 106 cm³/mol. The summed E-state index contributed by atoms with van der Waals surface area (Å²) in [6, 6.07) is 13.1. The van der Waals surface area contributed by atoms with Gasteiger partial charge in [0.2, 0.25) is 15.9 Å². The fourth-order valence-corrected chi connectivity index (χ4v) is 4.70. The molecule has 0 saturated heterocycles. The Kier molecular flexibility index (Phi) is 5.67. The van der Waals surface area contributed by atoms with Gasteiger partial charge in [-0.2, -0.15) is 4.31 Å². The molecule has 0 heterocycles. The molecule has 144 valence electrons. The Morgan fingerprint density at radius 3 is 2.63 bits per heavy atom. The number of nitrogens with one attached hydrogen (secondary N) is 1. The van der Waals surface area contributed by atoms with Gasteiger partial charge in [-0.05, 0) is 67.5 Å². The molecule has 2 aromatic rings. The summed E-state index contributed by atoms with van der Waals surface area (Å²) < 4.78 is 26.6. The van der Waals surface area contributed by atoms with Crippen LogP contribution in [0.2, 0.25) is 0 Å². The Balaban J connectivity index is 1.70. The Morgan fingerprint density at radius 1 is 1.15 bits per heavy atom. The molecule has 1 atom stereocenters. The van der Waals surface area contributed by atoms with Gasteiger partial charge in [-0.15, -0.1) is 0 Å². The SMILES string of the molecule is Cc1ccc(S(=O)(=O)N(C)CC(=O)NC2CCCc3ccccc32)cc1C. The van der Waals surface area contributed by atoms with Crippen molar-refractivity contribution in [2.45, 2.75) is 44.0 Å². The van der Waals surface area contributed by atoms with E-state index in [-0.39, 0.29) is 23.4 Å². The van der Waals surface area contributed by atoms with Crippen LogP contribution in [0.5, 0.6) is 0 Å². The van der Waals surface area contributed by atoms with E-state index in [1.54, 1.807) is 18.2 Å². The molecule has 27 heavy (non-hydrogen) atoms. The van der Waals surface area contributed by atoms with Crippen LogP contribution >= 0.6 is 0 Å². The third kappa shape index (κ3) is 4.22. The van der Waals surface area contributed by atoms with E-state index < -0.39 is 10.0 Å². The van der Waals surface area contributed by atoms with Gasteiger partial charge < -0.3 is 5.32 Å². The average Bonchev–Trinajstić information content (AvgIpc) is 2.64. The minimum atomic E-state index is -3.70. The quantitative estimate of drug-likeness (QED) is 0.859. The van der Waals surface area contributed by atoms with E-state index in [0.717, 1.165) is 40.3 Å². The number of benzene rings is 2. The lowest BCUT2D eigenvalue weighted by Gasteiger charge is -2.27. The van der Waals surface area contributed by atoms with Crippen LogP contribution in [0.15, 0.2) is 47.4 Å². The third-order valence-electron chi connectivity index (χ3n) is 5.26. The molecule has 2 aromatic carbocycles. The number of aryl methyl sites for hydroxylation is 3. The molecule has 1 amide bonds. The highest BCUT2D eigenvalue weighted by molar-refractivity contribution is 7.89. The molecule has 6 heteroatoms. The van der Waals surface area contributed by atoms with Gasteiger partial charge >= 0.3 is 0 Å². The zero-order valence-corrected chi connectivity index (χ0v) is 16.8. The summed E-state index contributed by atoms with van der Waals surface area (Å²) in [5, 5.41) is 3.00. The van der Waals surface area contributed by atoms with Gasteiger partial charge in [-0.25, -0.2) is 8.42 Å². The van der Waals surface area contributed by atoms with Gasteiger partial charge in [0.1, 0.15) is 0 Å². The lowest BCUT2D eigenvalue weighted by Crippen LogP contribution is -2.40. The smallest absolute Gasteiger partial charge is 0.243 e. The van der Waals surface area contributed by atoms with E-state index in [1.165, 1.54) is 12.6 Å². The fraction of sp³-hybridized carbons (Fsp3) is 0.381. The lowest BCUT2D eigenvalue weighted by molar-refractivity contribution is -0.122. The number of rotatable bonds is 5. The predicted octanol–water partition coefficient (Wildman–Crippen LogP) is 3.12. The Morgan fingerprint density at radius 2 is 1.89 bits per heavy atom. The summed E-state index contributed by atoms with van der Waals surface area (Å²) >= 11 is 0. The molecule has 0 bridgehead atoms. The first-order valence-electron chi connectivity index (χ1n) is 9.20. The molecule has 0 radical (unpaired) electrons. The molecule has 1 aliphatic rings. The van der Waals surface area contributed by atoms with Gasteiger partial charge in [0.15, 0.2) is 0 Å². The number of carbonyl (C=O) groups excluding carboxylic acids is 1. The minimum Gasteiger partial charge on any atom is -0.348 e. The van der Waals surface area contributed by atoms with Crippen molar-refractivity contribution >= 4 is 15.9 Å². The molecule has 1 unspecified atom stereocenters. The average molecular weight is 387 g/mol. The zero-order valence-electron chi connectivity index (χ0n) is 16.0. The van der Waals surface area contributed by atoms with Crippen LogP contribution in [-0.4, -0.2) is 32.2 Å². The third-order valence-corrected chi connectivity index (χ3v) is 7.06. The second-order valence-electron chi connectivity index (χ2n) is 7.22. The number of hydrogen-bond acceptors (Lipinski definition) is 3. The normalized spacial score (nSPS) is 16.8. The van der Waals surface area contributed by atoms with Crippen molar-refractivity contribution in [3.8, 4) is 0 Å². The van der Waals surface area contributed by atoms with Crippen molar-refractivity contribution in [1.29, 1.82) is 0 Å². The van der Waals surface area contributed by atoms with Crippen molar-refractivity contribution in [3.63, 3.8) is 0 Å². The summed E-state index contributed by atoms with van der Waals surface area (Å²) in [5.74, 6) is -0.286. The van der Waals surface area contributed by atoms with Crippen molar-refractivity contribution in [3.05, 3.63) is 64.7 Å². The highest BCUT2D eigenvalue weighted by Gasteiger charge is 2.26. The second kappa shape index (κ2) is 7.82. The first-order chi connectivity index (χ1) is 12.8. The standard InChI is InChI=1S/C21H26N2O3S/c1-15-11-12-18(13-16(15)2)27(25,26)23(3)14-21(24)22-20-10-6-8-17-7-4-5-9-19(17)20/h4-5,7,9,11-13,20H,6,8,10,14H2,1-3H3,(H,22,24). The maximum Gasteiger partial charge on any atom is 0.243 e. The maximum atomic E-state index is 12.8. The maximum absolute atomic E-state index is 12.8. The molecule has 3 rings (SSSR count). The number of fused-ring (bicyclic) bond motifs is 1. The van der Waals surface area contributed by atoms with Gasteiger partial charge in [0.05, 0.1) is 17.5 Å². The number of hydrogen-bond donors (Lipinski definition) is 1. The van der Waals surface area contributed by atoms with Crippen LogP contribution in [0.4, 0.5) is 0 Å². The molecular weight excluding hydrogens is 360 g/mol. The van der Waals surface area contributed by atoms with Crippen LogP contribution in [0.3, 0.4) is 0 Å². The van der Waals surface area contributed by atoms with E-state index in [4.69, 9.17) is 0 Å². The monoisotopic (exact) mass is 386 g/mol. The molecule has 0 spiro atoms. The van der Waals surface area contributed by atoms with E-state index >= 15 is 0 Å². The van der Waals surface area contributed by atoms with E-state index in [0.29, 0.717) is 0 Å². The zero-order chi connectivity index (χ0) is 19.6. The number of sulfonamides is 1. The first kappa shape index (κ1) is 19.6. The molecule has 1 N–H and O–H groups in total. The summed E-state index contributed by atoms with van der Waals surface area (Å²) in [4.78, 5) is 12.7. The van der Waals surface area contributed by atoms with Crippen LogP contribution in [0, 0.1) is 13.8 Å². The molecule has 0 fully saturated rings. The highest BCUT2D eigenvalue weighted by Crippen LogP contribution is 2.29. The Bertz CT molecular complexity index is 954. The van der Waals surface area contributed by atoms with Gasteiger partial charge in [-0.3, -0.25) is 4.79 Å². The summed E-state index contributed by atoms with van der Waals surface area (Å²) in [6.45, 7) is 3.61. The fourth-order valence-electron chi connectivity index (χ4n) is 3.49. The second-order valence-corrected chi connectivity index (χ2v) is 9.26.